The van der Waals surface area contributed by atoms with E-state index in [2.05, 4.69) is 37.7 Å². The van der Waals surface area contributed by atoms with Crippen molar-refractivity contribution >= 4 is 11.8 Å². The van der Waals surface area contributed by atoms with Gasteiger partial charge < -0.3 is 16.0 Å². The van der Waals surface area contributed by atoms with E-state index < -0.39 is 0 Å². The molecule has 1 unspecified atom stereocenters. The minimum atomic E-state index is -0.120. The van der Waals surface area contributed by atoms with E-state index in [1.54, 1.807) is 18.6 Å². The van der Waals surface area contributed by atoms with E-state index in [4.69, 9.17) is 0 Å². The zero-order chi connectivity index (χ0) is 15.6. The maximum absolute atomic E-state index is 11.7. The standard InChI is InChI=1S/C15H26N6O/c1-13-4-2-3-10-21(13)11-9-20-15(22)19-8-7-18-14-12-16-5-6-17-14/h5-6,12-13H,2-4,7-11H2,1H3,(H,17,18)(H2,19,20,22). The molecule has 1 saturated heterocycles. The van der Waals surface area contributed by atoms with E-state index in [1.807, 2.05) is 0 Å². The van der Waals surface area contributed by atoms with Crippen molar-refractivity contribution in [2.75, 3.05) is 38.0 Å². The fourth-order valence-corrected chi connectivity index (χ4v) is 2.62. The highest BCUT2D eigenvalue weighted by molar-refractivity contribution is 5.73. The molecule has 1 atom stereocenters. The van der Waals surface area contributed by atoms with Crippen molar-refractivity contribution in [3.05, 3.63) is 18.6 Å². The predicted molar refractivity (Wildman–Crippen MR) is 86.8 cm³/mol. The van der Waals surface area contributed by atoms with Gasteiger partial charge in [0.05, 0.1) is 6.20 Å². The van der Waals surface area contributed by atoms with E-state index in [9.17, 15) is 4.79 Å². The van der Waals surface area contributed by atoms with Crippen LogP contribution in [0.5, 0.6) is 0 Å². The molecule has 1 aliphatic rings. The molecule has 122 valence electrons. The van der Waals surface area contributed by atoms with E-state index in [1.165, 1.54) is 19.3 Å². The number of amides is 2. The number of carbonyl (C=O) groups excluding carboxylic acids is 1. The van der Waals surface area contributed by atoms with Crippen molar-refractivity contribution in [3.8, 4) is 0 Å². The van der Waals surface area contributed by atoms with Crippen LogP contribution in [-0.2, 0) is 0 Å². The lowest BCUT2D eigenvalue weighted by molar-refractivity contribution is 0.161. The average molecular weight is 306 g/mol. The average Bonchev–Trinajstić information content (AvgIpc) is 2.54. The largest absolute Gasteiger partial charge is 0.367 e. The number of hydrogen-bond acceptors (Lipinski definition) is 5. The molecule has 1 fully saturated rings. The fourth-order valence-electron chi connectivity index (χ4n) is 2.62. The summed E-state index contributed by atoms with van der Waals surface area (Å²) in [4.78, 5) is 22.2. The third-order valence-corrected chi connectivity index (χ3v) is 3.90. The molecule has 0 aromatic carbocycles. The van der Waals surface area contributed by atoms with E-state index in [0.717, 1.165) is 13.1 Å². The van der Waals surface area contributed by atoms with Gasteiger partial charge in [-0.25, -0.2) is 9.78 Å². The molecule has 22 heavy (non-hydrogen) atoms. The van der Waals surface area contributed by atoms with Crippen LogP contribution >= 0.6 is 0 Å². The van der Waals surface area contributed by atoms with Crippen LogP contribution in [0.2, 0.25) is 0 Å². The van der Waals surface area contributed by atoms with Gasteiger partial charge in [-0.15, -0.1) is 0 Å². The summed E-state index contributed by atoms with van der Waals surface area (Å²) in [6.45, 7) is 6.18. The third kappa shape index (κ3) is 5.85. The van der Waals surface area contributed by atoms with Gasteiger partial charge >= 0.3 is 6.03 Å². The first-order valence-electron chi connectivity index (χ1n) is 8.01. The van der Waals surface area contributed by atoms with Gasteiger partial charge in [-0.1, -0.05) is 6.42 Å². The van der Waals surface area contributed by atoms with Gasteiger partial charge in [-0.05, 0) is 26.3 Å². The Morgan fingerprint density at radius 1 is 1.27 bits per heavy atom. The van der Waals surface area contributed by atoms with E-state index in [-0.39, 0.29) is 6.03 Å². The monoisotopic (exact) mass is 306 g/mol. The van der Waals surface area contributed by atoms with Crippen LogP contribution in [0.15, 0.2) is 18.6 Å². The number of likely N-dealkylation sites (tertiary alicyclic amines) is 1. The highest BCUT2D eigenvalue weighted by Gasteiger charge is 2.17. The Bertz CT molecular complexity index is 441. The molecular formula is C15H26N6O. The summed E-state index contributed by atoms with van der Waals surface area (Å²) >= 11 is 0. The van der Waals surface area contributed by atoms with Crippen molar-refractivity contribution < 1.29 is 4.79 Å². The molecule has 0 radical (unpaired) electrons. The second kappa shape index (κ2) is 9.19. The zero-order valence-electron chi connectivity index (χ0n) is 13.2. The van der Waals surface area contributed by atoms with Crippen LogP contribution in [0.4, 0.5) is 10.6 Å². The third-order valence-electron chi connectivity index (χ3n) is 3.90. The molecule has 0 aliphatic carbocycles. The van der Waals surface area contributed by atoms with Crippen LogP contribution in [0.3, 0.4) is 0 Å². The molecule has 1 aliphatic heterocycles. The molecule has 7 heteroatoms. The van der Waals surface area contributed by atoms with Gasteiger partial charge in [-0.2, -0.15) is 0 Å². The minimum absolute atomic E-state index is 0.120. The van der Waals surface area contributed by atoms with Gasteiger partial charge in [0.2, 0.25) is 0 Å². The van der Waals surface area contributed by atoms with Crippen molar-refractivity contribution in [1.29, 1.82) is 0 Å². The van der Waals surface area contributed by atoms with Crippen molar-refractivity contribution in [2.45, 2.75) is 32.2 Å². The van der Waals surface area contributed by atoms with Crippen LogP contribution in [0.1, 0.15) is 26.2 Å². The molecular weight excluding hydrogens is 280 g/mol. The number of urea groups is 1. The van der Waals surface area contributed by atoms with Crippen LogP contribution in [0.25, 0.3) is 0 Å². The number of nitrogens with one attached hydrogen (secondary N) is 3. The summed E-state index contributed by atoms with van der Waals surface area (Å²) in [5, 5.41) is 8.81. The Balaban J connectivity index is 1.51. The molecule has 1 aromatic heterocycles. The second-order valence-electron chi connectivity index (χ2n) is 5.58. The Hall–Kier alpha value is -1.89. The highest BCUT2D eigenvalue weighted by atomic mass is 16.2. The van der Waals surface area contributed by atoms with Crippen molar-refractivity contribution in [3.63, 3.8) is 0 Å². The lowest BCUT2D eigenvalue weighted by atomic mass is 10.0. The van der Waals surface area contributed by atoms with E-state index in [0.29, 0.717) is 31.5 Å². The summed E-state index contributed by atoms with van der Waals surface area (Å²) in [6.07, 6.45) is 8.76. The molecule has 7 nitrogen and oxygen atoms in total. The molecule has 1 aromatic rings. The minimum Gasteiger partial charge on any atom is -0.367 e. The van der Waals surface area contributed by atoms with Crippen LogP contribution in [0, 0.1) is 0 Å². The van der Waals surface area contributed by atoms with Crippen LogP contribution in [-0.4, -0.2) is 59.7 Å². The summed E-state index contributed by atoms with van der Waals surface area (Å²) in [5.41, 5.74) is 0. The van der Waals surface area contributed by atoms with Crippen LogP contribution < -0.4 is 16.0 Å². The second-order valence-corrected chi connectivity index (χ2v) is 5.58. The number of hydrogen-bond donors (Lipinski definition) is 3. The number of carbonyl (C=O) groups is 1. The number of piperidine rings is 1. The zero-order valence-corrected chi connectivity index (χ0v) is 13.2. The van der Waals surface area contributed by atoms with Gasteiger partial charge in [0.15, 0.2) is 0 Å². The summed E-state index contributed by atoms with van der Waals surface area (Å²) in [6, 6.07) is 0.514. The summed E-state index contributed by atoms with van der Waals surface area (Å²) in [5.74, 6) is 0.712. The lowest BCUT2D eigenvalue weighted by Gasteiger charge is -2.33. The topological polar surface area (TPSA) is 82.2 Å². The SMILES string of the molecule is CC1CCCCN1CCNC(=O)NCCNc1cnccn1. The Morgan fingerprint density at radius 3 is 2.91 bits per heavy atom. The first kappa shape index (κ1) is 16.5. The Labute approximate surface area is 131 Å². The van der Waals surface area contributed by atoms with Gasteiger partial charge in [0.25, 0.3) is 0 Å². The molecule has 0 bridgehead atoms. The quantitative estimate of drug-likeness (QED) is 0.656. The number of rotatable bonds is 7. The first-order valence-corrected chi connectivity index (χ1v) is 8.01. The van der Waals surface area contributed by atoms with Gasteiger partial charge in [-0.3, -0.25) is 9.88 Å². The summed E-state index contributed by atoms with van der Waals surface area (Å²) < 4.78 is 0. The molecule has 3 N–H and O–H groups in total. The normalized spacial score (nSPS) is 18.7. The van der Waals surface area contributed by atoms with Crippen molar-refractivity contribution in [1.82, 2.24) is 25.5 Å². The molecule has 2 rings (SSSR count). The smallest absolute Gasteiger partial charge is 0.314 e. The maximum atomic E-state index is 11.7. The van der Waals surface area contributed by atoms with Gasteiger partial charge in [0.1, 0.15) is 5.82 Å². The highest BCUT2D eigenvalue weighted by Crippen LogP contribution is 2.15. The molecule has 2 amide bonds. The first-order chi connectivity index (χ1) is 10.8. The number of anilines is 1. The fraction of sp³-hybridized carbons (Fsp3) is 0.667. The Morgan fingerprint density at radius 2 is 2.14 bits per heavy atom. The molecule has 0 spiro atoms. The van der Waals surface area contributed by atoms with Gasteiger partial charge in [0, 0.05) is 44.6 Å². The molecule has 2 heterocycles. The molecule has 0 saturated carbocycles. The summed E-state index contributed by atoms with van der Waals surface area (Å²) in [7, 11) is 0. The van der Waals surface area contributed by atoms with Crippen molar-refractivity contribution in [2.24, 2.45) is 0 Å². The number of nitrogens with zero attached hydrogens (tertiary/aromatic N) is 3. The number of aromatic nitrogens is 2. The Kier molecular flexibility index (Phi) is 6.89. The lowest BCUT2D eigenvalue weighted by Crippen LogP contribution is -2.45. The maximum Gasteiger partial charge on any atom is 0.314 e. The van der Waals surface area contributed by atoms with E-state index >= 15 is 0 Å². The predicted octanol–water partition coefficient (Wildman–Crippen LogP) is 1.06.